The summed E-state index contributed by atoms with van der Waals surface area (Å²) in [5.41, 5.74) is 2.37. The van der Waals surface area contributed by atoms with Crippen molar-refractivity contribution in [3.05, 3.63) is 35.4 Å². The highest BCUT2D eigenvalue weighted by Gasteiger charge is 2.25. The molecule has 1 aromatic rings. The lowest BCUT2D eigenvalue weighted by molar-refractivity contribution is -0.135. The lowest BCUT2D eigenvalue weighted by Crippen LogP contribution is -2.38. The van der Waals surface area contributed by atoms with Crippen LogP contribution in [0.3, 0.4) is 0 Å². The van der Waals surface area contributed by atoms with Gasteiger partial charge in [-0.2, -0.15) is 13.2 Å². The Kier molecular flexibility index (Phi) is 10.3. The lowest BCUT2D eigenvalue weighted by atomic mass is 10.1. The molecule has 23 heavy (non-hydrogen) atoms. The molecule has 0 aliphatic carbocycles. The van der Waals surface area contributed by atoms with Crippen molar-refractivity contribution >= 4 is 29.9 Å². The van der Waals surface area contributed by atoms with Gasteiger partial charge in [0.1, 0.15) is 0 Å². The molecule has 0 aliphatic rings. The Morgan fingerprint density at radius 1 is 1.17 bits per heavy atom. The van der Waals surface area contributed by atoms with Gasteiger partial charge in [0, 0.05) is 33.6 Å². The summed E-state index contributed by atoms with van der Waals surface area (Å²) in [6.07, 6.45) is -4.19. The van der Waals surface area contributed by atoms with Crippen molar-refractivity contribution in [2.24, 2.45) is 4.99 Å². The van der Waals surface area contributed by atoms with Crippen LogP contribution in [-0.4, -0.2) is 37.7 Å². The lowest BCUT2D eigenvalue weighted by Gasteiger charge is -2.22. The van der Waals surface area contributed by atoms with E-state index < -0.39 is 12.6 Å². The third kappa shape index (κ3) is 9.68. The predicted molar refractivity (Wildman–Crippen MR) is 99.3 cm³/mol. The molecular weight excluding hydrogens is 418 g/mol. The van der Waals surface area contributed by atoms with Crippen LogP contribution >= 0.6 is 24.0 Å². The Morgan fingerprint density at radius 3 is 2.30 bits per heavy atom. The van der Waals surface area contributed by atoms with Gasteiger partial charge < -0.3 is 10.2 Å². The molecule has 0 aromatic heterocycles. The van der Waals surface area contributed by atoms with Crippen LogP contribution in [0.2, 0.25) is 0 Å². The first kappa shape index (κ1) is 22.0. The van der Waals surface area contributed by atoms with Gasteiger partial charge in [0.05, 0.1) is 0 Å². The summed E-state index contributed by atoms with van der Waals surface area (Å²) in [5, 5.41) is 3.10. The van der Waals surface area contributed by atoms with Crippen molar-refractivity contribution in [1.29, 1.82) is 0 Å². The maximum absolute atomic E-state index is 12.1. The maximum atomic E-state index is 12.1. The van der Waals surface area contributed by atoms with E-state index in [4.69, 9.17) is 0 Å². The summed E-state index contributed by atoms with van der Waals surface area (Å²) in [6, 6.07) is 8.22. The molecule has 0 heterocycles. The number of unbranched alkanes of at least 4 members (excludes halogenated alkanes) is 1. The Morgan fingerprint density at radius 2 is 1.78 bits per heavy atom. The van der Waals surface area contributed by atoms with Crippen LogP contribution in [0, 0.1) is 6.92 Å². The Labute approximate surface area is 153 Å². The number of aliphatic imine (C=N–C) groups is 1. The smallest absolute Gasteiger partial charge is 0.356 e. The minimum absolute atomic E-state index is 0. The number of hydrogen-bond acceptors (Lipinski definition) is 1. The molecular formula is C16H25F3IN3. The molecule has 0 unspecified atom stereocenters. The van der Waals surface area contributed by atoms with Crippen molar-refractivity contribution < 1.29 is 13.2 Å². The third-order valence-electron chi connectivity index (χ3n) is 3.28. The maximum Gasteiger partial charge on any atom is 0.389 e. The first-order valence-electron chi connectivity index (χ1n) is 7.36. The molecule has 7 heteroatoms. The second kappa shape index (κ2) is 10.7. The summed E-state index contributed by atoms with van der Waals surface area (Å²) in [6.45, 7) is 3.22. The van der Waals surface area contributed by atoms with E-state index in [1.807, 2.05) is 18.9 Å². The number of aryl methyl sites for hydroxylation is 1. The number of nitrogens with one attached hydrogen (secondary N) is 1. The van der Waals surface area contributed by atoms with E-state index in [0.717, 1.165) is 5.56 Å². The Hall–Kier alpha value is -0.990. The van der Waals surface area contributed by atoms with Crippen molar-refractivity contribution in [2.75, 3.05) is 20.6 Å². The number of halogens is 4. The zero-order valence-electron chi connectivity index (χ0n) is 13.8. The van der Waals surface area contributed by atoms with E-state index in [2.05, 4.69) is 34.6 Å². The monoisotopic (exact) mass is 443 g/mol. The normalized spacial score (nSPS) is 11.8. The van der Waals surface area contributed by atoms with E-state index in [9.17, 15) is 13.2 Å². The summed E-state index contributed by atoms with van der Waals surface area (Å²) in [7, 11) is 3.58. The molecule has 0 atom stereocenters. The molecule has 0 spiro atoms. The van der Waals surface area contributed by atoms with Crippen LogP contribution in [-0.2, 0) is 6.54 Å². The van der Waals surface area contributed by atoms with Gasteiger partial charge in [0.15, 0.2) is 5.96 Å². The van der Waals surface area contributed by atoms with Gasteiger partial charge in [0.25, 0.3) is 0 Å². The van der Waals surface area contributed by atoms with Gasteiger partial charge in [0.2, 0.25) is 0 Å². The van der Waals surface area contributed by atoms with E-state index in [0.29, 0.717) is 25.5 Å². The largest absolute Gasteiger partial charge is 0.389 e. The number of alkyl halides is 3. The van der Waals surface area contributed by atoms with Crippen LogP contribution in [0.4, 0.5) is 13.2 Å². The second-order valence-corrected chi connectivity index (χ2v) is 5.39. The first-order valence-corrected chi connectivity index (χ1v) is 7.36. The minimum atomic E-state index is -4.07. The van der Waals surface area contributed by atoms with Crippen molar-refractivity contribution in [3.63, 3.8) is 0 Å². The van der Waals surface area contributed by atoms with Crippen molar-refractivity contribution in [1.82, 2.24) is 10.2 Å². The first-order chi connectivity index (χ1) is 10.3. The number of benzene rings is 1. The molecule has 1 aromatic carbocycles. The molecule has 0 bridgehead atoms. The SMILES string of the molecule is CN=C(NCCCCC(F)(F)F)N(C)Cc1ccc(C)cc1.I. The van der Waals surface area contributed by atoms with Gasteiger partial charge in [-0.3, -0.25) is 4.99 Å². The standard InChI is InChI=1S/C16H24F3N3.HI/c1-13-6-8-14(9-7-13)12-22(3)15(20-2)21-11-5-4-10-16(17,18)19;/h6-9H,4-5,10-12H2,1-3H3,(H,20,21);1H. The molecule has 3 nitrogen and oxygen atoms in total. The van der Waals surface area contributed by atoms with Gasteiger partial charge >= 0.3 is 6.18 Å². The fraction of sp³-hybridized carbons (Fsp3) is 0.562. The van der Waals surface area contributed by atoms with Crippen molar-refractivity contribution in [2.45, 2.75) is 38.9 Å². The van der Waals surface area contributed by atoms with E-state index >= 15 is 0 Å². The highest BCUT2D eigenvalue weighted by molar-refractivity contribution is 14.0. The summed E-state index contributed by atoms with van der Waals surface area (Å²) < 4.78 is 36.2. The topological polar surface area (TPSA) is 27.6 Å². The molecule has 132 valence electrons. The van der Waals surface area contributed by atoms with Gasteiger partial charge in [-0.15, -0.1) is 24.0 Å². The molecule has 0 saturated carbocycles. The average molecular weight is 443 g/mol. The number of hydrogen-bond donors (Lipinski definition) is 1. The van der Waals surface area contributed by atoms with Gasteiger partial charge in [-0.25, -0.2) is 0 Å². The Balaban J connectivity index is 0.00000484. The minimum Gasteiger partial charge on any atom is -0.356 e. The fourth-order valence-electron chi connectivity index (χ4n) is 2.08. The van der Waals surface area contributed by atoms with Crippen LogP contribution in [0.25, 0.3) is 0 Å². The fourth-order valence-corrected chi connectivity index (χ4v) is 2.08. The molecule has 0 fully saturated rings. The Bertz CT molecular complexity index is 472. The molecule has 1 N–H and O–H groups in total. The van der Waals surface area contributed by atoms with Crippen molar-refractivity contribution in [3.8, 4) is 0 Å². The predicted octanol–water partition coefficient (Wildman–Crippen LogP) is 4.35. The summed E-state index contributed by atoms with van der Waals surface area (Å²) >= 11 is 0. The zero-order chi connectivity index (χ0) is 16.6. The molecule has 0 saturated heterocycles. The van der Waals surface area contributed by atoms with E-state index in [1.54, 1.807) is 7.05 Å². The van der Waals surface area contributed by atoms with Gasteiger partial charge in [-0.05, 0) is 25.3 Å². The third-order valence-corrected chi connectivity index (χ3v) is 3.28. The second-order valence-electron chi connectivity index (χ2n) is 5.39. The van der Waals surface area contributed by atoms with Gasteiger partial charge in [-0.1, -0.05) is 29.8 Å². The van der Waals surface area contributed by atoms with Crippen LogP contribution in [0.1, 0.15) is 30.4 Å². The highest BCUT2D eigenvalue weighted by atomic mass is 127. The average Bonchev–Trinajstić information content (AvgIpc) is 2.44. The zero-order valence-corrected chi connectivity index (χ0v) is 16.1. The van der Waals surface area contributed by atoms with Crippen LogP contribution in [0.15, 0.2) is 29.3 Å². The quantitative estimate of drug-likeness (QED) is 0.307. The summed E-state index contributed by atoms with van der Waals surface area (Å²) in [4.78, 5) is 6.11. The molecule has 0 amide bonds. The highest BCUT2D eigenvalue weighted by Crippen LogP contribution is 2.21. The van der Waals surface area contributed by atoms with E-state index in [-0.39, 0.29) is 30.4 Å². The van der Waals surface area contributed by atoms with E-state index in [1.165, 1.54) is 5.56 Å². The molecule has 0 aliphatic heterocycles. The van der Waals surface area contributed by atoms with Crippen LogP contribution < -0.4 is 5.32 Å². The summed E-state index contributed by atoms with van der Waals surface area (Å²) in [5.74, 6) is 0.688. The van der Waals surface area contributed by atoms with Crippen LogP contribution in [0.5, 0.6) is 0 Å². The number of guanidine groups is 1. The molecule has 1 rings (SSSR count). The number of rotatable bonds is 6. The number of nitrogens with zero attached hydrogens (tertiary/aromatic N) is 2. The molecule has 0 radical (unpaired) electrons.